The molecule has 0 spiro atoms. The van der Waals surface area contributed by atoms with Crippen molar-refractivity contribution >= 4 is 17.9 Å². The molecule has 408 valence electrons. The molecule has 6 nitrogen and oxygen atoms in total. The van der Waals surface area contributed by atoms with Gasteiger partial charge in [0.1, 0.15) is 13.2 Å². The van der Waals surface area contributed by atoms with E-state index in [-0.39, 0.29) is 37.5 Å². The molecule has 1 atom stereocenters. The molecule has 0 bridgehead atoms. The summed E-state index contributed by atoms with van der Waals surface area (Å²) in [6, 6.07) is 0. The molecule has 0 heterocycles. The first-order chi connectivity index (χ1) is 35.0. The van der Waals surface area contributed by atoms with Crippen LogP contribution in [0.3, 0.4) is 0 Å². The topological polar surface area (TPSA) is 78.9 Å². The van der Waals surface area contributed by atoms with E-state index in [1.807, 2.05) is 0 Å². The zero-order chi connectivity index (χ0) is 51.4. The van der Waals surface area contributed by atoms with Crippen LogP contribution in [0.4, 0.5) is 0 Å². The summed E-state index contributed by atoms with van der Waals surface area (Å²) in [5.41, 5.74) is 0. The molecule has 0 saturated carbocycles. The third kappa shape index (κ3) is 57.4. The minimum Gasteiger partial charge on any atom is -0.462 e. The molecule has 0 aromatic rings. The molecular weight excluding hydrogens is 877 g/mol. The second kappa shape index (κ2) is 59.2. The van der Waals surface area contributed by atoms with Gasteiger partial charge in [0.15, 0.2) is 6.10 Å². The van der Waals surface area contributed by atoms with Crippen molar-refractivity contribution in [1.82, 2.24) is 0 Å². The van der Waals surface area contributed by atoms with E-state index in [2.05, 4.69) is 106 Å². The van der Waals surface area contributed by atoms with Gasteiger partial charge in [-0.2, -0.15) is 0 Å². The maximum atomic E-state index is 12.9. The van der Waals surface area contributed by atoms with Crippen molar-refractivity contribution < 1.29 is 28.6 Å². The van der Waals surface area contributed by atoms with Crippen LogP contribution in [-0.4, -0.2) is 37.2 Å². The summed E-state index contributed by atoms with van der Waals surface area (Å²) in [5.74, 6) is -0.932. The van der Waals surface area contributed by atoms with Crippen molar-refractivity contribution in [2.24, 2.45) is 0 Å². The zero-order valence-corrected chi connectivity index (χ0v) is 46.7. The van der Waals surface area contributed by atoms with Gasteiger partial charge in [0.25, 0.3) is 0 Å². The van der Waals surface area contributed by atoms with Crippen molar-refractivity contribution in [3.63, 3.8) is 0 Å². The van der Waals surface area contributed by atoms with Crippen molar-refractivity contribution in [1.29, 1.82) is 0 Å². The lowest BCUT2D eigenvalue weighted by atomic mass is 10.0. The molecule has 0 saturated heterocycles. The summed E-state index contributed by atoms with van der Waals surface area (Å²) in [5, 5.41) is 0. The average molecular weight is 990 g/mol. The summed E-state index contributed by atoms with van der Waals surface area (Å²) < 4.78 is 16.9. The fourth-order valence-corrected chi connectivity index (χ4v) is 8.38. The molecule has 71 heavy (non-hydrogen) atoms. The molecule has 0 aliphatic rings. The standard InChI is InChI=1S/C65H112O6/c1-4-7-10-13-16-19-22-25-28-30-32-34-37-40-43-46-49-52-55-58-64(67)70-61-62(60-69-63(66)57-54-51-48-45-42-39-36-27-24-21-18-15-12-9-6-3)71-65(68)59-56-53-50-47-44-41-38-35-33-31-29-26-23-20-17-14-11-8-5-2/h9,12,17-18,20-21,26-27,29,33,35-36,41,44,62H,4-8,10-11,13-16,19,22-25,28,30-32,34,37-40,42-43,45-61H2,1-3H3/b12-9-,20-17-,21-18-,29-26-,35-33-,36-27-,44-41-/t62-/m1/s1. The molecule has 0 unspecified atom stereocenters. The van der Waals surface area contributed by atoms with Crippen molar-refractivity contribution in [2.45, 2.75) is 297 Å². The number of carbonyl (C=O) groups is 3. The van der Waals surface area contributed by atoms with Gasteiger partial charge in [0, 0.05) is 19.3 Å². The van der Waals surface area contributed by atoms with Gasteiger partial charge in [-0.25, -0.2) is 0 Å². The fourth-order valence-electron chi connectivity index (χ4n) is 8.38. The number of allylic oxidation sites excluding steroid dienone is 14. The van der Waals surface area contributed by atoms with Gasteiger partial charge in [-0.15, -0.1) is 0 Å². The Hall–Kier alpha value is -3.41. The Morgan fingerprint density at radius 2 is 0.549 bits per heavy atom. The quantitative estimate of drug-likeness (QED) is 0.0261. The molecule has 0 rings (SSSR count). The number of hydrogen-bond acceptors (Lipinski definition) is 6. The molecule has 0 aliphatic carbocycles. The highest BCUT2D eigenvalue weighted by atomic mass is 16.6. The van der Waals surface area contributed by atoms with E-state index in [0.29, 0.717) is 12.8 Å². The van der Waals surface area contributed by atoms with E-state index in [0.717, 1.165) is 122 Å². The highest BCUT2D eigenvalue weighted by Crippen LogP contribution is 2.16. The Bertz CT molecular complexity index is 1370. The minimum absolute atomic E-state index is 0.0932. The van der Waals surface area contributed by atoms with Gasteiger partial charge in [-0.05, 0) is 96.3 Å². The van der Waals surface area contributed by atoms with Gasteiger partial charge < -0.3 is 14.2 Å². The first kappa shape index (κ1) is 67.6. The summed E-state index contributed by atoms with van der Waals surface area (Å²) in [4.78, 5) is 38.2. The first-order valence-electron chi connectivity index (χ1n) is 30.1. The van der Waals surface area contributed by atoms with E-state index in [1.165, 1.54) is 128 Å². The third-order valence-electron chi connectivity index (χ3n) is 12.9. The number of carbonyl (C=O) groups excluding carboxylic acids is 3. The highest BCUT2D eigenvalue weighted by Gasteiger charge is 2.19. The SMILES string of the molecule is CC/C=C\C/C=C\C/C=C\CCCCCCCC(=O)OC[C@H](COC(=O)CCCCCCCCCCCCCCCCCCCCC)OC(=O)CCCCC/C=C\C/C=C\C/C=C\C/C=C\CCCCC. The Morgan fingerprint density at radius 1 is 0.296 bits per heavy atom. The summed E-state index contributed by atoms with van der Waals surface area (Å²) in [7, 11) is 0. The van der Waals surface area contributed by atoms with E-state index in [4.69, 9.17) is 14.2 Å². The predicted octanol–water partition coefficient (Wildman–Crippen LogP) is 20.3. The Labute approximate surface area is 439 Å². The number of unbranched alkanes of at least 4 members (excludes halogenated alkanes) is 29. The van der Waals surface area contributed by atoms with Crippen LogP contribution in [0.2, 0.25) is 0 Å². The second-order valence-electron chi connectivity index (χ2n) is 19.9. The highest BCUT2D eigenvalue weighted by molar-refractivity contribution is 5.71. The largest absolute Gasteiger partial charge is 0.462 e. The van der Waals surface area contributed by atoms with Gasteiger partial charge in [0.05, 0.1) is 0 Å². The first-order valence-corrected chi connectivity index (χ1v) is 30.1. The van der Waals surface area contributed by atoms with Crippen molar-refractivity contribution in [2.75, 3.05) is 13.2 Å². The fraction of sp³-hybridized carbons (Fsp3) is 0.738. The Morgan fingerprint density at radius 3 is 0.901 bits per heavy atom. The molecule has 0 fully saturated rings. The zero-order valence-electron chi connectivity index (χ0n) is 46.7. The second-order valence-corrected chi connectivity index (χ2v) is 19.9. The monoisotopic (exact) mass is 989 g/mol. The van der Waals surface area contributed by atoms with Gasteiger partial charge in [-0.1, -0.05) is 260 Å². The Balaban J connectivity index is 4.44. The van der Waals surface area contributed by atoms with E-state index < -0.39 is 6.10 Å². The van der Waals surface area contributed by atoms with Gasteiger partial charge in [-0.3, -0.25) is 14.4 Å². The lowest BCUT2D eigenvalue weighted by Gasteiger charge is -2.18. The summed E-state index contributed by atoms with van der Waals surface area (Å²) in [6.07, 6.45) is 77.2. The third-order valence-corrected chi connectivity index (χ3v) is 12.9. The van der Waals surface area contributed by atoms with Crippen LogP contribution in [-0.2, 0) is 28.6 Å². The molecule has 0 radical (unpaired) electrons. The molecular formula is C65H112O6. The predicted molar refractivity (Wildman–Crippen MR) is 307 cm³/mol. The lowest BCUT2D eigenvalue weighted by Crippen LogP contribution is -2.30. The minimum atomic E-state index is -0.800. The number of ether oxygens (including phenoxy) is 3. The maximum Gasteiger partial charge on any atom is 0.306 e. The van der Waals surface area contributed by atoms with E-state index >= 15 is 0 Å². The van der Waals surface area contributed by atoms with Crippen LogP contribution in [0.15, 0.2) is 85.1 Å². The van der Waals surface area contributed by atoms with Gasteiger partial charge in [0.2, 0.25) is 0 Å². The van der Waals surface area contributed by atoms with Crippen LogP contribution in [0.25, 0.3) is 0 Å². The normalized spacial score (nSPS) is 12.7. The molecule has 0 aliphatic heterocycles. The molecule has 0 amide bonds. The number of hydrogen-bond donors (Lipinski definition) is 0. The van der Waals surface area contributed by atoms with E-state index in [1.54, 1.807) is 0 Å². The van der Waals surface area contributed by atoms with Crippen molar-refractivity contribution in [3.8, 4) is 0 Å². The van der Waals surface area contributed by atoms with E-state index in [9.17, 15) is 14.4 Å². The van der Waals surface area contributed by atoms with Crippen LogP contribution >= 0.6 is 0 Å². The Kier molecular flexibility index (Phi) is 56.3. The smallest absolute Gasteiger partial charge is 0.306 e. The van der Waals surface area contributed by atoms with Crippen LogP contribution in [0.1, 0.15) is 290 Å². The lowest BCUT2D eigenvalue weighted by molar-refractivity contribution is -0.167. The molecule has 0 N–H and O–H groups in total. The molecule has 6 heteroatoms. The molecule has 0 aromatic heterocycles. The number of esters is 3. The van der Waals surface area contributed by atoms with Crippen LogP contribution in [0.5, 0.6) is 0 Å². The summed E-state index contributed by atoms with van der Waals surface area (Å²) in [6.45, 7) is 6.49. The van der Waals surface area contributed by atoms with Gasteiger partial charge >= 0.3 is 17.9 Å². The van der Waals surface area contributed by atoms with Crippen molar-refractivity contribution in [3.05, 3.63) is 85.1 Å². The average Bonchev–Trinajstić information content (AvgIpc) is 3.37. The molecule has 0 aromatic carbocycles. The van der Waals surface area contributed by atoms with Crippen LogP contribution < -0.4 is 0 Å². The number of rotatable bonds is 54. The maximum absolute atomic E-state index is 12.9. The summed E-state index contributed by atoms with van der Waals surface area (Å²) >= 11 is 0. The van der Waals surface area contributed by atoms with Crippen LogP contribution in [0, 0.1) is 0 Å².